The zero-order valence-electron chi connectivity index (χ0n) is 16.7. The summed E-state index contributed by atoms with van der Waals surface area (Å²) in [4.78, 5) is 16.0. The van der Waals surface area contributed by atoms with Crippen LogP contribution in [0.25, 0.3) is 10.9 Å². The molecule has 3 aromatic rings. The molecule has 9 heteroatoms. The van der Waals surface area contributed by atoms with E-state index in [4.69, 9.17) is 26.8 Å². The summed E-state index contributed by atoms with van der Waals surface area (Å²) in [6, 6.07) is 8.08. The summed E-state index contributed by atoms with van der Waals surface area (Å²) in [5.74, 6) is -0.372. The van der Waals surface area contributed by atoms with E-state index in [1.54, 1.807) is 18.2 Å². The maximum absolute atomic E-state index is 14.9. The van der Waals surface area contributed by atoms with Crippen molar-refractivity contribution in [1.82, 2.24) is 10.3 Å². The molecular formula is C22H20ClFN4O3. The molecule has 4 N–H and O–H groups in total. The highest BCUT2D eigenvalue weighted by Crippen LogP contribution is 2.37. The zero-order chi connectivity index (χ0) is 22.1. The van der Waals surface area contributed by atoms with Crippen LogP contribution in [0.2, 0.25) is 5.02 Å². The molecule has 31 heavy (non-hydrogen) atoms. The predicted molar refractivity (Wildman–Crippen MR) is 117 cm³/mol. The lowest BCUT2D eigenvalue weighted by Gasteiger charge is -2.16. The minimum absolute atomic E-state index is 0.0831. The molecule has 1 fully saturated rings. The standard InChI is InChI=1S/C22H20ClFN4O3/c1-11(27-12-3-4-12)28-15-5-6-18(21(24)20(15)23)31-17-7-8-26-16-10-19(30-2)14(22(25)29)9-13(16)17/h5-10,12,27-28H,1,3-4H2,2H3,(H2,25,29). The van der Waals surface area contributed by atoms with Crippen molar-refractivity contribution in [2.75, 3.05) is 12.4 Å². The highest BCUT2D eigenvalue weighted by molar-refractivity contribution is 6.33. The number of hydrogen-bond donors (Lipinski definition) is 3. The van der Waals surface area contributed by atoms with Gasteiger partial charge in [0.15, 0.2) is 11.6 Å². The number of halogens is 2. The molecule has 7 nitrogen and oxygen atoms in total. The Kier molecular flexibility index (Phi) is 5.56. The fourth-order valence-corrected chi connectivity index (χ4v) is 3.30. The van der Waals surface area contributed by atoms with Crippen molar-refractivity contribution in [2.45, 2.75) is 18.9 Å². The quantitative estimate of drug-likeness (QED) is 0.473. The number of nitrogens with two attached hydrogens (primary N) is 1. The predicted octanol–water partition coefficient (Wildman–Crippen LogP) is 4.56. The molecule has 1 saturated carbocycles. The molecule has 1 aliphatic rings. The summed E-state index contributed by atoms with van der Waals surface area (Å²) >= 11 is 6.21. The maximum Gasteiger partial charge on any atom is 0.252 e. The molecule has 0 unspecified atom stereocenters. The molecule has 160 valence electrons. The maximum atomic E-state index is 14.9. The van der Waals surface area contributed by atoms with Crippen LogP contribution < -0.4 is 25.8 Å². The number of benzene rings is 2. The lowest BCUT2D eigenvalue weighted by molar-refractivity contribution is 0.0997. The van der Waals surface area contributed by atoms with Crippen LogP contribution in [0, 0.1) is 5.82 Å². The molecule has 0 spiro atoms. The van der Waals surface area contributed by atoms with Crippen molar-refractivity contribution in [3.05, 3.63) is 65.3 Å². The molecule has 0 saturated heterocycles. The number of nitrogens with one attached hydrogen (secondary N) is 2. The number of nitrogens with zero attached hydrogens (tertiary/aromatic N) is 1. The van der Waals surface area contributed by atoms with Crippen LogP contribution in [0.4, 0.5) is 10.1 Å². The molecule has 2 aromatic carbocycles. The van der Waals surface area contributed by atoms with Crippen molar-refractivity contribution in [1.29, 1.82) is 0 Å². The van der Waals surface area contributed by atoms with E-state index in [0.717, 1.165) is 12.8 Å². The number of hydrogen-bond acceptors (Lipinski definition) is 6. The Balaban J connectivity index is 1.65. The van der Waals surface area contributed by atoms with Gasteiger partial charge in [0, 0.05) is 23.7 Å². The summed E-state index contributed by atoms with van der Waals surface area (Å²) < 4.78 is 25.9. The zero-order valence-corrected chi connectivity index (χ0v) is 17.4. The second-order valence-electron chi connectivity index (χ2n) is 7.11. The SMILES string of the molecule is C=C(Nc1ccc(Oc2ccnc3cc(OC)c(C(N)=O)cc23)c(F)c1Cl)NC1CC1. The van der Waals surface area contributed by atoms with Crippen LogP contribution in [0.3, 0.4) is 0 Å². The lowest BCUT2D eigenvalue weighted by Crippen LogP contribution is -2.20. The van der Waals surface area contributed by atoms with Crippen LogP contribution >= 0.6 is 11.6 Å². The fraction of sp³-hybridized carbons (Fsp3) is 0.182. The molecule has 1 heterocycles. The van der Waals surface area contributed by atoms with E-state index in [1.807, 2.05) is 0 Å². The number of anilines is 1. The first-order valence-electron chi connectivity index (χ1n) is 9.52. The Morgan fingerprint density at radius 2 is 2.03 bits per heavy atom. The van der Waals surface area contributed by atoms with Gasteiger partial charge in [-0.05, 0) is 37.1 Å². The summed E-state index contributed by atoms with van der Waals surface area (Å²) in [6.45, 7) is 3.87. The summed E-state index contributed by atoms with van der Waals surface area (Å²) in [6.07, 6.45) is 3.67. The van der Waals surface area contributed by atoms with Crippen molar-refractivity contribution < 1.29 is 18.7 Å². The minimum atomic E-state index is -0.737. The highest BCUT2D eigenvalue weighted by Gasteiger charge is 2.22. The number of carbonyl (C=O) groups is 1. The number of methoxy groups -OCH3 is 1. The largest absolute Gasteiger partial charge is 0.496 e. The van der Waals surface area contributed by atoms with Gasteiger partial charge in [0.05, 0.1) is 29.7 Å². The molecule has 1 aliphatic carbocycles. The van der Waals surface area contributed by atoms with Crippen LogP contribution in [-0.2, 0) is 0 Å². The Labute approximate surface area is 183 Å². The van der Waals surface area contributed by atoms with Gasteiger partial charge in [0.2, 0.25) is 0 Å². The van der Waals surface area contributed by atoms with Crippen molar-refractivity contribution >= 4 is 34.1 Å². The van der Waals surface area contributed by atoms with Gasteiger partial charge >= 0.3 is 0 Å². The average molecular weight is 443 g/mol. The summed E-state index contributed by atoms with van der Waals surface area (Å²) in [7, 11) is 1.43. The van der Waals surface area contributed by atoms with E-state index in [9.17, 15) is 9.18 Å². The number of ether oxygens (including phenoxy) is 2. The van der Waals surface area contributed by atoms with Crippen LogP contribution in [0.5, 0.6) is 17.2 Å². The number of aromatic nitrogens is 1. The Hall–Kier alpha value is -3.52. The number of carbonyl (C=O) groups excluding carboxylic acids is 1. The van der Waals surface area contributed by atoms with E-state index >= 15 is 0 Å². The summed E-state index contributed by atoms with van der Waals surface area (Å²) in [5.41, 5.74) is 6.46. The molecular weight excluding hydrogens is 423 g/mol. The third-order valence-electron chi connectivity index (χ3n) is 4.80. The van der Waals surface area contributed by atoms with Crippen molar-refractivity contribution in [2.24, 2.45) is 5.73 Å². The number of fused-ring (bicyclic) bond motifs is 1. The molecule has 1 aromatic heterocycles. The van der Waals surface area contributed by atoms with Gasteiger partial charge < -0.3 is 25.8 Å². The number of pyridine rings is 1. The van der Waals surface area contributed by atoms with Gasteiger partial charge in [-0.2, -0.15) is 0 Å². The molecule has 0 bridgehead atoms. The van der Waals surface area contributed by atoms with E-state index in [0.29, 0.717) is 28.5 Å². The van der Waals surface area contributed by atoms with Gasteiger partial charge in [0.1, 0.15) is 16.5 Å². The monoisotopic (exact) mass is 442 g/mol. The fourth-order valence-electron chi connectivity index (χ4n) is 3.10. The van der Waals surface area contributed by atoms with Crippen LogP contribution in [-0.4, -0.2) is 24.0 Å². The average Bonchev–Trinajstić information content (AvgIpc) is 3.56. The summed E-state index contributed by atoms with van der Waals surface area (Å²) in [5, 5.41) is 6.48. The first-order chi connectivity index (χ1) is 14.9. The molecule has 0 aliphatic heterocycles. The van der Waals surface area contributed by atoms with Gasteiger partial charge in [-0.1, -0.05) is 18.2 Å². The Morgan fingerprint density at radius 3 is 2.71 bits per heavy atom. The van der Waals surface area contributed by atoms with E-state index in [1.165, 1.54) is 25.4 Å². The van der Waals surface area contributed by atoms with Crippen molar-refractivity contribution in [3.8, 4) is 17.2 Å². The third kappa shape index (κ3) is 4.34. The number of primary amides is 1. The topological polar surface area (TPSA) is 98.5 Å². The van der Waals surface area contributed by atoms with Gasteiger partial charge in [0.25, 0.3) is 5.91 Å². The lowest BCUT2D eigenvalue weighted by atomic mass is 10.1. The second-order valence-corrected chi connectivity index (χ2v) is 7.48. The molecule has 0 atom stereocenters. The Bertz CT molecular complexity index is 1200. The first-order valence-corrected chi connectivity index (χ1v) is 9.90. The first kappa shape index (κ1) is 20.7. The van der Waals surface area contributed by atoms with Crippen LogP contribution in [0.1, 0.15) is 23.2 Å². The van der Waals surface area contributed by atoms with Gasteiger partial charge in [-0.15, -0.1) is 0 Å². The van der Waals surface area contributed by atoms with Gasteiger partial charge in [-0.3, -0.25) is 9.78 Å². The Morgan fingerprint density at radius 1 is 1.26 bits per heavy atom. The number of amides is 1. The van der Waals surface area contributed by atoms with Crippen molar-refractivity contribution in [3.63, 3.8) is 0 Å². The molecule has 1 amide bonds. The van der Waals surface area contributed by atoms with E-state index < -0.39 is 11.7 Å². The minimum Gasteiger partial charge on any atom is -0.496 e. The molecule has 0 radical (unpaired) electrons. The van der Waals surface area contributed by atoms with Crippen LogP contribution in [0.15, 0.2) is 48.9 Å². The number of rotatable bonds is 8. The van der Waals surface area contributed by atoms with Gasteiger partial charge in [-0.25, -0.2) is 4.39 Å². The normalized spacial score (nSPS) is 13.0. The smallest absolute Gasteiger partial charge is 0.252 e. The van der Waals surface area contributed by atoms with E-state index in [2.05, 4.69) is 22.2 Å². The third-order valence-corrected chi connectivity index (χ3v) is 5.17. The second kappa shape index (κ2) is 8.31. The highest BCUT2D eigenvalue weighted by atomic mass is 35.5. The van der Waals surface area contributed by atoms with E-state index in [-0.39, 0.29) is 27.8 Å². The molecule has 4 rings (SSSR count).